The SMILES string of the molecule is CCSCC(Cc1ccc(F)cc1F)NC.Cl. The van der Waals surface area contributed by atoms with Crippen LogP contribution in [0.15, 0.2) is 18.2 Å². The second-order valence-electron chi connectivity index (χ2n) is 3.58. The van der Waals surface area contributed by atoms with Gasteiger partial charge in [-0.2, -0.15) is 11.8 Å². The number of likely N-dealkylation sites (N-methyl/N-ethyl adjacent to an activating group) is 1. The van der Waals surface area contributed by atoms with Gasteiger partial charge in [0.2, 0.25) is 0 Å². The molecule has 1 aromatic rings. The topological polar surface area (TPSA) is 12.0 Å². The van der Waals surface area contributed by atoms with Crippen molar-refractivity contribution in [2.24, 2.45) is 0 Å². The summed E-state index contributed by atoms with van der Waals surface area (Å²) in [6, 6.07) is 3.99. The normalized spacial score (nSPS) is 12.0. The zero-order chi connectivity index (χ0) is 12.0. The highest BCUT2D eigenvalue weighted by atomic mass is 35.5. The molecule has 1 rings (SSSR count). The van der Waals surface area contributed by atoms with E-state index < -0.39 is 11.6 Å². The first-order valence-electron chi connectivity index (χ1n) is 5.36. The lowest BCUT2D eigenvalue weighted by atomic mass is 10.1. The number of halogens is 3. The number of rotatable bonds is 6. The fraction of sp³-hybridized carbons (Fsp3) is 0.500. The van der Waals surface area contributed by atoms with Gasteiger partial charge in [0.15, 0.2) is 0 Å². The van der Waals surface area contributed by atoms with E-state index in [2.05, 4.69) is 12.2 Å². The lowest BCUT2D eigenvalue weighted by Gasteiger charge is -2.15. The summed E-state index contributed by atoms with van der Waals surface area (Å²) in [5, 5.41) is 3.15. The third-order valence-electron chi connectivity index (χ3n) is 2.41. The molecule has 1 unspecified atom stereocenters. The predicted octanol–water partition coefficient (Wildman–Crippen LogP) is 3.27. The van der Waals surface area contributed by atoms with Gasteiger partial charge in [-0.25, -0.2) is 8.78 Å². The van der Waals surface area contributed by atoms with E-state index in [4.69, 9.17) is 0 Å². The smallest absolute Gasteiger partial charge is 0.129 e. The molecule has 0 fully saturated rings. The van der Waals surface area contributed by atoms with Crippen LogP contribution in [-0.4, -0.2) is 24.6 Å². The van der Waals surface area contributed by atoms with Crippen molar-refractivity contribution in [3.63, 3.8) is 0 Å². The Balaban J connectivity index is 0.00000256. The molecule has 1 N–H and O–H groups in total. The lowest BCUT2D eigenvalue weighted by molar-refractivity contribution is 0.550. The molecule has 1 atom stereocenters. The maximum absolute atomic E-state index is 13.4. The van der Waals surface area contributed by atoms with Crippen LogP contribution in [0.4, 0.5) is 8.78 Å². The monoisotopic (exact) mass is 281 g/mol. The summed E-state index contributed by atoms with van der Waals surface area (Å²) in [6.45, 7) is 2.09. The van der Waals surface area contributed by atoms with Crippen LogP contribution in [-0.2, 0) is 6.42 Å². The zero-order valence-corrected chi connectivity index (χ0v) is 11.6. The molecule has 0 aliphatic carbocycles. The van der Waals surface area contributed by atoms with Crippen molar-refractivity contribution in [3.05, 3.63) is 35.4 Å². The van der Waals surface area contributed by atoms with Gasteiger partial charge in [0, 0.05) is 17.9 Å². The van der Waals surface area contributed by atoms with E-state index in [1.165, 1.54) is 12.1 Å². The van der Waals surface area contributed by atoms with Crippen LogP contribution in [0.3, 0.4) is 0 Å². The third-order valence-corrected chi connectivity index (χ3v) is 3.46. The molecule has 0 saturated heterocycles. The minimum Gasteiger partial charge on any atom is -0.316 e. The van der Waals surface area contributed by atoms with Gasteiger partial charge in [-0.15, -0.1) is 12.4 Å². The molecular weight excluding hydrogens is 264 g/mol. The van der Waals surface area contributed by atoms with Crippen molar-refractivity contribution in [1.82, 2.24) is 5.32 Å². The zero-order valence-electron chi connectivity index (χ0n) is 10.0. The number of benzene rings is 1. The van der Waals surface area contributed by atoms with Gasteiger partial charge in [-0.3, -0.25) is 0 Å². The van der Waals surface area contributed by atoms with E-state index in [1.54, 1.807) is 0 Å². The molecule has 0 aliphatic rings. The highest BCUT2D eigenvalue weighted by molar-refractivity contribution is 7.99. The van der Waals surface area contributed by atoms with E-state index in [0.717, 1.165) is 17.6 Å². The van der Waals surface area contributed by atoms with Gasteiger partial charge in [-0.1, -0.05) is 13.0 Å². The molecule has 98 valence electrons. The summed E-state index contributed by atoms with van der Waals surface area (Å²) >= 11 is 1.81. The minimum absolute atomic E-state index is 0. The third kappa shape index (κ3) is 5.70. The number of hydrogen-bond acceptors (Lipinski definition) is 2. The van der Waals surface area contributed by atoms with Crippen molar-refractivity contribution in [2.45, 2.75) is 19.4 Å². The van der Waals surface area contributed by atoms with Gasteiger partial charge in [0.25, 0.3) is 0 Å². The fourth-order valence-corrected chi connectivity index (χ4v) is 2.26. The first-order valence-corrected chi connectivity index (χ1v) is 6.51. The van der Waals surface area contributed by atoms with Crippen molar-refractivity contribution >= 4 is 24.2 Å². The molecule has 1 aromatic carbocycles. The van der Waals surface area contributed by atoms with Crippen molar-refractivity contribution in [3.8, 4) is 0 Å². The van der Waals surface area contributed by atoms with Crippen LogP contribution >= 0.6 is 24.2 Å². The molecule has 1 nitrogen and oxygen atoms in total. The molecule has 0 bridgehead atoms. The van der Waals surface area contributed by atoms with Crippen LogP contribution in [0, 0.1) is 11.6 Å². The van der Waals surface area contributed by atoms with Gasteiger partial charge in [-0.05, 0) is 30.9 Å². The Morgan fingerprint density at radius 2 is 2.06 bits per heavy atom. The predicted molar refractivity (Wildman–Crippen MR) is 73.2 cm³/mol. The molecule has 5 heteroatoms. The van der Waals surface area contributed by atoms with Crippen molar-refractivity contribution in [1.29, 1.82) is 0 Å². The highest BCUT2D eigenvalue weighted by Gasteiger charge is 2.10. The van der Waals surface area contributed by atoms with Gasteiger partial charge in [0.05, 0.1) is 0 Å². The Labute approximate surface area is 112 Å². The molecule has 0 aliphatic heterocycles. The van der Waals surface area contributed by atoms with Crippen molar-refractivity contribution in [2.75, 3.05) is 18.6 Å². The van der Waals surface area contributed by atoms with Crippen LogP contribution < -0.4 is 5.32 Å². The number of thioether (sulfide) groups is 1. The summed E-state index contributed by atoms with van der Waals surface area (Å²) in [6.07, 6.45) is 0.593. The lowest BCUT2D eigenvalue weighted by Crippen LogP contribution is -2.30. The Morgan fingerprint density at radius 1 is 1.35 bits per heavy atom. The quantitative estimate of drug-likeness (QED) is 0.859. The molecule has 0 amide bonds. The standard InChI is InChI=1S/C12H17F2NS.ClH/c1-3-16-8-11(15-2)6-9-4-5-10(13)7-12(9)14;/h4-5,7,11,15H,3,6,8H2,1-2H3;1H. The molecule has 0 heterocycles. The summed E-state index contributed by atoms with van der Waals surface area (Å²) < 4.78 is 26.1. The molecule has 0 spiro atoms. The van der Waals surface area contributed by atoms with E-state index in [1.807, 2.05) is 18.8 Å². The van der Waals surface area contributed by atoms with Crippen molar-refractivity contribution < 1.29 is 8.78 Å². The van der Waals surface area contributed by atoms with Gasteiger partial charge >= 0.3 is 0 Å². The number of nitrogens with one attached hydrogen (secondary N) is 1. The molecule has 0 aromatic heterocycles. The Kier molecular flexibility index (Phi) is 8.56. The summed E-state index contributed by atoms with van der Waals surface area (Å²) in [5.41, 5.74) is 0.567. The van der Waals surface area contributed by atoms with E-state index in [-0.39, 0.29) is 18.4 Å². The highest BCUT2D eigenvalue weighted by Crippen LogP contribution is 2.13. The second kappa shape index (κ2) is 8.72. The first kappa shape index (κ1) is 16.7. The minimum atomic E-state index is -0.523. The first-order chi connectivity index (χ1) is 7.67. The van der Waals surface area contributed by atoms with Gasteiger partial charge < -0.3 is 5.32 Å². The Morgan fingerprint density at radius 3 is 2.59 bits per heavy atom. The van der Waals surface area contributed by atoms with Crippen LogP contribution in [0.25, 0.3) is 0 Å². The van der Waals surface area contributed by atoms with Gasteiger partial charge in [0.1, 0.15) is 11.6 Å². The maximum Gasteiger partial charge on any atom is 0.129 e. The molecule has 0 radical (unpaired) electrons. The summed E-state index contributed by atoms with van der Waals surface area (Å²) in [4.78, 5) is 0. The van der Waals surface area contributed by atoms with Crippen LogP contribution in [0.5, 0.6) is 0 Å². The Bertz CT molecular complexity index is 336. The molecular formula is C12H18ClF2NS. The van der Waals surface area contributed by atoms with Crippen LogP contribution in [0.1, 0.15) is 12.5 Å². The average Bonchev–Trinajstić information content (AvgIpc) is 2.27. The maximum atomic E-state index is 13.4. The summed E-state index contributed by atoms with van der Waals surface area (Å²) in [5.74, 6) is 1.00. The van der Waals surface area contributed by atoms with E-state index >= 15 is 0 Å². The van der Waals surface area contributed by atoms with Crippen LogP contribution in [0.2, 0.25) is 0 Å². The molecule has 0 saturated carbocycles. The number of hydrogen-bond donors (Lipinski definition) is 1. The average molecular weight is 282 g/mol. The Hall–Kier alpha value is -0.320. The summed E-state index contributed by atoms with van der Waals surface area (Å²) in [7, 11) is 1.86. The molecule has 17 heavy (non-hydrogen) atoms. The van der Waals surface area contributed by atoms with E-state index in [9.17, 15) is 8.78 Å². The fourth-order valence-electron chi connectivity index (χ4n) is 1.46. The second-order valence-corrected chi connectivity index (χ2v) is 4.90. The largest absolute Gasteiger partial charge is 0.316 e. The van der Waals surface area contributed by atoms with E-state index in [0.29, 0.717) is 12.0 Å².